The minimum atomic E-state index is 0.0586. The van der Waals surface area contributed by atoms with Crippen molar-refractivity contribution in [3.8, 4) is 0 Å². The van der Waals surface area contributed by atoms with Crippen LogP contribution >= 0.6 is 45.3 Å². The summed E-state index contributed by atoms with van der Waals surface area (Å²) in [7, 11) is 0. The summed E-state index contributed by atoms with van der Waals surface area (Å²) in [4.78, 5) is 5.22. The first-order valence-electron chi connectivity index (χ1n) is 21.2. The lowest BCUT2D eigenvalue weighted by Crippen LogP contribution is -2.59. The number of anilines is 6. The Morgan fingerprint density at radius 2 is 0.820 bits per heavy atom. The maximum atomic E-state index is 2.61. The lowest BCUT2D eigenvalue weighted by atomic mass is 9.39. The number of fused-ring (bicyclic) bond motifs is 16. The van der Waals surface area contributed by atoms with Crippen molar-refractivity contribution < 1.29 is 0 Å². The van der Waals surface area contributed by atoms with Crippen molar-refractivity contribution in [2.45, 2.75) is 52.4 Å². The fraction of sp³-hybridized carbons (Fsp3) is 0.148. The van der Waals surface area contributed by atoms with Crippen molar-refractivity contribution in [3.05, 3.63) is 151 Å². The molecule has 0 saturated carbocycles. The van der Waals surface area contributed by atoms with Gasteiger partial charge >= 0.3 is 0 Å². The van der Waals surface area contributed by atoms with Gasteiger partial charge in [-0.2, -0.15) is 0 Å². The second kappa shape index (κ2) is 12.6. The molecule has 11 aromatic rings. The molecule has 0 fully saturated rings. The van der Waals surface area contributed by atoms with E-state index in [9.17, 15) is 0 Å². The third-order valence-electron chi connectivity index (χ3n) is 13.2. The molecule has 0 radical (unpaired) electrons. The first kappa shape index (κ1) is 36.2. The van der Waals surface area contributed by atoms with E-state index in [4.69, 9.17) is 0 Å². The smallest absolute Gasteiger partial charge is 0.277 e. The summed E-state index contributed by atoms with van der Waals surface area (Å²) in [5, 5.41) is 8.16. The van der Waals surface area contributed by atoms with Crippen LogP contribution in [0.1, 0.15) is 52.7 Å². The highest BCUT2D eigenvalue weighted by Crippen LogP contribution is 2.53. The zero-order valence-electron chi connectivity index (χ0n) is 34.9. The van der Waals surface area contributed by atoms with Crippen molar-refractivity contribution in [1.82, 2.24) is 0 Å². The molecule has 2 aliphatic rings. The Balaban J connectivity index is 1.17. The molecule has 0 bridgehead atoms. The van der Waals surface area contributed by atoms with Gasteiger partial charge in [-0.05, 0) is 100 Å². The quantitative estimate of drug-likeness (QED) is 0.160. The average molecular weight is 857 g/mol. The van der Waals surface area contributed by atoms with E-state index in [1.807, 2.05) is 45.3 Å². The van der Waals surface area contributed by atoms with Crippen LogP contribution in [0.15, 0.2) is 140 Å². The zero-order valence-corrected chi connectivity index (χ0v) is 38.1. The number of thiophene rings is 4. The summed E-state index contributed by atoms with van der Waals surface area (Å²) in [6, 6.07) is 53.5. The van der Waals surface area contributed by atoms with Crippen LogP contribution in [0.25, 0.3) is 60.5 Å². The maximum absolute atomic E-state index is 2.61. The van der Waals surface area contributed by atoms with Gasteiger partial charge in [0.1, 0.15) is 0 Å². The Kier molecular flexibility index (Phi) is 7.47. The number of hydrogen-bond acceptors (Lipinski definition) is 6. The fourth-order valence-electron chi connectivity index (χ4n) is 10.2. The summed E-state index contributed by atoms with van der Waals surface area (Å²) >= 11 is 7.89. The van der Waals surface area contributed by atoms with Crippen molar-refractivity contribution in [2.24, 2.45) is 0 Å². The average Bonchev–Trinajstić information content (AvgIpc) is 4.03. The normalized spacial score (nSPS) is 14.0. The standard InChI is InChI=1S/C54H41BN2S4/c1-53(2,3)30-18-22-32(23-19-30)56-38-14-11-15-39-46(38)55(51-47(56)36-26-28-42-44(49(36)60-51)34-12-7-9-16-40(34)58-42)52-48(57(39)33-24-20-31(21-25-33)54(4,5)6)37-27-29-43-45(50(37)61-52)35-13-8-10-17-41(35)59-43/h7-29H,1-6H3. The molecule has 2 nitrogen and oxygen atoms in total. The minimum Gasteiger partial charge on any atom is -0.310 e. The molecule has 0 N–H and O–H groups in total. The zero-order chi connectivity index (χ0) is 41.1. The monoisotopic (exact) mass is 856 g/mol. The van der Waals surface area contributed by atoms with Gasteiger partial charge in [0.2, 0.25) is 0 Å². The summed E-state index contributed by atoms with van der Waals surface area (Å²) in [6.07, 6.45) is 0. The van der Waals surface area contributed by atoms with Gasteiger partial charge in [-0.25, -0.2) is 0 Å². The van der Waals surface area contributed by atoms with Gasteiger partial charge in [0, 0.05) is 92.8 Å². The molecular formula is C54H41BN2S4. The topological polar surface area (TPSA) is 6.48 Å². The van der Waals surface area contributed by atoms with Crippen molar-refractivity contribution >= 4 is 162 Å². The van der Waals surface area contributed by atoms with E-state index in [1.54, 1.807) is 0 Å². The highest BCUT2D eigenvalue weighted by molar-refractivity contribution is 7.42. The molecule has 7 heteroatoms. The van der Waals surface area contributed by atoms with Crippen LogP contribution in [0.5, 0.6) is 0 Å². The van der Waals surface area contributed by atoms with Gasteiger partial charge in [0.05, 0.1) is 11.4 Å². The van der Waals surface area contributed by atoms with E-state index in [0.717, 1.165) is 0 Å². The van der Waals surface area contributed by atoms with Crippen molar-refractivity contribution in [2.75, 3.05) is 9.80 Å². The largest absolute Gasteiger partial charge is 0.310 e. The predicted molar refractivity (Wildman–Crippen MR) is 274 cm³/mol. The van der Waals surface area contributed by atoms with Crippen LogP contribution in [-0.2, 0) is 10.8 Å². The van der Waals surface area contributed by atoms with Crippen LogP contribution in [-0.4, -0.2) is 6.71 Å². The van der Waals surface area contributed by atoms with Crippen LogP contribution in [0, 0.1) is 0 Å². The molecular weight excluding hydrogens is 816 g/mol. The van der Waals surface area contributed by atoms with E-state index in [0.29, 0.717) is 0 Å². The molecule has 4 aromatic heterocycles. The minimum absolute atomic E-state index is 0.0586. The molecule has 0 atom stereocenters. The first-order valence-corrected chi connectivity index (χ1v) is 24.5. The van der Waals surface area contributed by atoms with Gasteiger partial charge in [0.25, 0.3) is 6.71 Å². The molecule has 0 saturated heterocycles. The molecule has 6 heterocycles. The Hall–Kier alpha value is -5.44. The highest BCUT2D eigenvalue weighted by atomic mass is 32.1. The number of rotatable bonds is 2. The summed E-state index contributed by atoms with van der Waals surface area (Å²) in [6.45, 7) is 13.9. The highest BCUT2D eigenvalue weighted by Gasteiger charge is 2.47. The lowest BCUT2D eigenvalue weighted by molar-refractivity contribution is 0.590. The lowest BCUT2D eigenvalue weighted by Gasteiger charge is -2.42. The molecule has 0 spiro atoms. The molecule has 0 amide bonds. The van der Waals surface area contributed by atoms with Crippen LogP contribution in [0.3, 0.4) is 0 Å². The van der Waals surface area contributed by atoms with E-state index >= 15 is 0 Å². The van der Waals surface area contributed by atoms with Gasteiger partial charge in [-0.1, -0.05) is 108 Å². The molecule has 294 valence electrons. The predicted octanol–water partition coefficient (Wildman–Crippen LogP) is 15.5. The van der Waals surface area contributed by atoms with E-state index < -0.39 is 0 Å². The number of benzene rings is 7. The van der Waals surface area contributed by atoms with E-state index in [2.05, 4.69) is 191 Å². The van der Waals surface area contributed by atoms with Crippen molar-refractivity contribution in [1.29, 1.82) is 0 Å². The van der Waals surface area contributed by atoms with Gasteiger partial charge in [-0.15, -0.1) is 45.3 Å². The van der Waals surface area contributed by atoms with Gasteiger partial charge in [-0.3, -0.25) is 0 Å². The maximum Gasteiger partial charge on any atom is 0.277 e. The third-order valence-corrected chi connectivity index (χ3v) is 18.0. The van der Waals surface area contributed by atoms with Crippen LogP contribution in [0.2, 0.25) is 0 Å². The van der Waals surface area contributed by atoms with Crippen molar-refractivity contribution in [3.63, 3.8) is 0 Å². The van der Waals surface area contributed by atoms with Crippen LogP contribution in [0.4, 0.5) is 34.1 Å². The van der Waals surface area contributed by atoms with E-state index in [1.165, 1.54) is 121 Å². The Bertz CT molecular complexity index is 3390. The van der Waals surface area contributed by atoms with E-state index in [-0.39, 0.29) is 17.5 Å². The summed E-state index contributed by atoms with van der Waals surface area (Å²) in [5.74, 6) is 0. The molecule has 61 heavy (non-hydrogen) atoms. The second-order valence-corrected chi connectivity index (χ2v) is 23.1. The number of hydrogen-bond donors (Lipinski definition) is 0. The van der Waals surface area contributed by atoms with Gasteiger partial charge < -0.3 is 9.80 Å². The fourth-order valence-corrected chi connectivity index (χ4v) is 15.6. The Morgan fingerprint density at radius 3 is 1.25 bits per heavy atom. The molecule has 0 aliphatic carbocycles. The molecule has 13 rings (SSSR count). The SMILES string of the molecule is CC(C)(C)c1ccc(N2c3cccc4c3B(c3sc5c(ccc6sc7ccccc7c65)c32)c2sc3c(ccc5sc6ccccc6c53)c2N4c2ccc(C(C)(C)C)cc2)cc1. The molecule has 7 aromatic carbocycles. The van der Waals surface area contributed by atoms with Gasteiger partial charge in [0.15, 0.2) is 0 Å². The molecule has 2 aliphatic heterocycles. The Labute approximate surface area is 372 Å². The van der Waals surface area contributed by atoms with Crippen LogP contribution < -0.4 is 24.8 Å². The Morgan fingerprint density at radius 1 is 0.393 bits per heavy atom. The first-order chi connectivity index (χ1) is 29.5. The second-order valence-electron chi connectivity index (χ2n) is 18.9. The molecule has 0 unspecified atom stereocenters. The number of nitrogens with zero attached hydrogens (tertiary/aromatic N) is 2. The summed E-state index contributed by atoms with van der Waals surface area (Å²) in [5.41, 5.74) is 11.8. The summed E-state index contributed by atoms with van der Waals surface area (Å²) < 4.78 is 11.0. The third kappa shape index (κ3) is 5.06.